The van der Waals surface area contributed by atoms with Gasteiger partial charge in [0.25, 0.3) is 0 Å². The molecule has 3 aromatic rings. The first-order valence-electron chi connectivity index (χ1n) is 10.4. The zero-order valence-corrected chi connectivity index (χ0v) is 17.3. The number of halogens is 3. The van der Waals surface area contributed by atoms with Crippen molar-refractivity contribution in [3.8, 4) is 0 Å². The van der Waals surface area contributed by atoms with Gasteiger partial charge in [0.15, 0.2) is 0 Å². The Hall–Kier alpha value is -2.70. The van der Waals surface area contributed by atoms with Crippen molar-refractivity contribution in [2.45, 2.75) is 50.7 Å². The van der Waals surface area contributed by atoms with Gasteiger partial charge in [-0.15, -0.1) is 0 Å². The number of imidazole rings is 1. The third-order valence-electron chi connectivity index (χ3n) is 5.86. The number of H-pyrrole nitrogens is 1. The van der Waals surface area contributed by atoms with Gasteiger partial charge in [-0.05, 0) is 42.7 Å². The van der Waals surface area contributed by atoms with Gasteiger partial charge >= 0.3 is 6.18 Å². The van der Waals surface area contributed by atoms with E-state index in [1.54, 1.807) is 0 Å². The van der Waals surface area contributed by atoms with Gasteiger partial charge in [0, 0.05) is 26.6 Å². The number of nitrogens with zero attached hydrogens (tertiary/aromatic N) is 2. The number of fused-ring (bicyclic) bond motifs is 1. The zero-order valence-electron chi connectivity index (χ0n) is 17.3. The van der Waals surface area contributed by atoms with Crippen LogP contribution in [0.2, 0.25) is 0 Å². The maximum atomic E-state index is 12.8. The van der Waals surface area contributed by atoms with Gasteiger partial charge < -0.3 is 15.2 Å². The molecule has 0 saturated heterocycles. The lowest BCUT2D eigenvalue weighted by Crippen LogP contribution is -2.12. The third kappa shape index (κ3) is 4.40. The Morgan fingerprint density at radius 1 is 1.07 bits per heavy atom. The van der Waals surface area contributed by atoms with Crippen molar-refractivity contribution in [2.75, 3.05) is 24.3 Å². The van der Waals surface area contributed by atoms with E-state index in [1.165, 1.54) is 44.2 Å². The summed E-state index contributed by atoms with van der Waals surface area (Å²) in [5, 5.41) is 3.38. The van der Waals surface area contributed by atoms with E-state index >= 15 is 0 Å². The molecule has 0 aliphatic heterocycles. The Labute approximate surface area is 174 Å². The molecule has 160 valence electrons. The van der Waals surface area contributed by atoms with Gasteiger partial charge in [0.1, 0.15) is 5.82 Å². The predicted octanol–water partition coefficient (Wildman–Crippen LogP) is 6.31. The molecule has 0 atom stereocenters. The van der Waals surface area contributed by atoms with Crippen LogP contribution in [0.15, 0.2) is 36.4 Å². The van der Waals surface area contributed by atoms with Gasteiger partial charge in [0.05, 0.1) is 28.0 Å². The molecule has 1 heterocycles. The summed E-state index contributed by atoms with van der Waals surface area (Å²) in [6.07, 6.45) is 1.86. The number of hydrogen-bond acceptors (Lipinski definition) is 3. The Bertz CT molecular complexity index is 1000. The molecule has 1 fully saturated rings. The summed E-state index contributed by atoms with van der Waals surface area (Å²) in [6, 6.07) is 9.39. The SMILES string of the molecule is CN(C)c1cc2nc(C3CCCCC3)[nH]c2cc1NCc1ccc(C(F)(F)F)cc1. The van der Waals surface area contributed by atoms with Gasteiger partial charge in [-0.1, -0.05) is 31.4 Å². The summed E-state index contributed by atoms with van der Waals surface area (Å²) in [7, 11) is 3.94. The number of anilines is 2. The Morgan fingerprint density at radius 3 is 2.40 bits per heavy atom. The topological polar surface area (TPSA) is 44.0 Å². The molecular weight excluding hydrogens is 389 g/mol. The molecule has 0 unspecified atom stereocenters. The number of alkyl halides is 3. The lowest BCUT2D eigenvalue weighted by Gasteiger charge is -2.19. The van der Waals surface area contributed by atoms with Crippen molar-refractivity contribution in [1.82, 2.24) is 9.97 Å². The maximum absolute atomic E-state index is 12.8. The fourth-order valence-electron chi connectivity index (χ4n) is 4.16. The molecule has 2 aromatic carbocycles. The monoisotopic (exact) mass is 416 g/mol. The normalized spacial score (nSPS) is 15.5. The molecule has 0 amide bonds. The van der Waals surface area contributed by atoms with Crippen molar-refractivity contribution in [2.24, 2.45) is 0 Å². The van der Waals surface area contributed by atoms with Crippen LogP contribution in [0.1, 0.15) is 55.0 Å². The van der Waals surface area contributed by atoms with Crippen molar-refractivity contribution >= 4 is 22.4 Å². The molecule has 1 aromatic heterocycles. The van der Waals surface area contributed by atoms with E-state index in [-0.39, 0.29) is 0 Å². The highest BCUT2D eigenvalue weighted by atomic mass is 19.4. The summed E-state index contributed by atoms with van der Waals surface area (Å²) in [5.41, 5.74) is 4.01. The minimum atomic E-state index is -4.31. The summed E-state index contributed by atoms with van der Waals surface area (Å²) in [5.74, 6) is 1.56. The molecule has 30 heavy (non-hydrogen) atoms. The second-order valence-corrected chi connectivity index (χ2v) is 8.29. The Balaban J connectivity index is 1.56. The molecule has 1 saturated carbocycles. The van der Waals surface area contributed by atoms with E-state index in [2.05, 4.69) is 16.4 Å². The standard InChI is InChI=1S/C23H27F3N4/c1-30(2)21-13-19-18(28-22(29-19)16-6-4-3-5-7-16)12-20(21)27-14-15-8-10-17(11-9-15)23(24,25)26/h8-13,16,27H,3-7,14H2,1-2H3,(H,28,29). The number of benzene rings is 2. The van der Waals surface area contributed by atoms with Gasteiger partial charge in [-0.3, -0.25) is 0 Å². The molecule has 7 heteroatoms. The summed E-state index contributed by atoms with van der Waals surface area (Å²) in [6.45, 7) is 0.439. The van der Waals surface area contributed by atoms with E-state index in [0.29, 0.717) is 12.5 Å². The zero-order chi connectivity index (χ0) is 21.3. The summed E-state index contributed by atoms with van der Waals surface area (Å²) >= 11 is 0. The average Bonchev–Trinajstić information content (AvgIpc) is 3.15. The molecule has 4 rings (SSSR count). The number of rotatable bonds is 5. The van der Waals surface area contributed by atoms with Gasteiger partial charge in [-0.2, -0.15) is 13.2 Å². The van der Waals surface area contributed by atoms with Crippen LogP contribution in [0.3, 0.4) is 0 Å². The average molecular weight is 416 g/mol. The molecule has 1 aliphatic rings. The van der Waals surface area contributed by atoms with Crippen molar-refractivity contribution in [3.05, 3.63) is 53.3 Å². The van der Waals surface area contributed by atoms with E-state index in [4.69, 9.17) is 4.98 Å². The third-order valence-corrected chi connectivity index (χ3v) is 5.86. The Morgan fingerprint density at radius 2 is 1.77 bits per heavy atom. The van der Waals surface area contributed by atoms with Crippen molar-refractivity contribution < 1.29 is 13.2 Å². The second-order valence-electron chi connectivity index (χ2n) is 8.29. The first-order valence-corrected chi connectivity index (χ1v) is 10.4. The quantitative estimate of drug-likeness (QED) is 0.512. The van der Waals surface area contributed by atoms with E-state index in [9.17, 15) is 13.2 Å². The maximum Gasteiger partial charge on any atom is 0.416 e. The minimum Gasteiger partial charge on any atom is -0.379 e. The second kappa shape index (κ2) is 8.20. The fourth-order valence-corrected chi connectivity index (χ4v) is 4.16. The molecule has 4 nitrogen and oxygen atoms in total. The lowest BCUT2D eigenvalue weighted by molar-refractivity contribution is -0.137. The molecule has 0 spiro atoms. The van der Waals surface area contributed by atoms with E-state index < -0.39 is 11.7 Å². The molecular formula is C23H27F3N4. The van der Waals surface area contributed by atoms with Crippen LogP contribution in [0, 0.1) is 0 Å². The highest BCUT2D eigenvalue weighted by molar-refractivity contribution is 5.88. The van der Waals surface area contributed by atoms with E-state index in [0.717, 1.165) is 45.9 Å². The van der Waals surface area contributed by atoms with Crippen LogP contribution >= 0.6 is 0 Å². The van der Waals surface area contributed by atoms with Crippen molar-refractivity contribution in [1.29, 1.82) is 0 Å². The van der Waals surface area contributed by atoms with Gasteiger partial charge in [0.2, 0.25) is 0 Å². The predicted molar refractivity (Wildman–Crippen MR) is 115 cm³/mol. The molecule has 1 aliphatic carbocycles. The number of aromatic amines is 1. The largest absolute Gasteiger partial charge is 0.416 e. The van der Waals surface area contributed by atoms with Crippen LogP contribution in [0.25, 0.3) is 11.0 Å². The molecule has 0 radical (unpaired) electrons. The van der Waals surface area contributed by atoms with Crippen LogP contribution in [-0.4, -0.2) is 24.1 Å². The van der Waals surface area contributed by atoms with E-state index in [1.807, 2.05) is 25.1 Å². The first kappa shape index (κ1) is 20.6. The van der Waals surface area contributed by atoms with Crippen LogP contribution in [0.5, 0.6) is 0 Å². The minimum absolute atomic E-state index is 0.439. The van der Waals surface area contributed by atoms with Crippen LogP contribution in [-0.2, 0) is 12.7 Å². The Kier molecular flexibility index (Phi) is 5.62. The summed E-state index contributed by atoms with van der Waals surface area (Å²) < 4.78 is 38.3. The van der Waals surface area contributed by atoms with Crippen LogP contribution < -0.4 is 10.2 Å². The smallest absolute Gasteiger partial charge is 0.379 e. The lowest BCUT2D eigenvalue weighted by atomic mass is 9.89. The number of aromatic nitrogens is 2. The number of nitrogens with one attached hydrogen (secondary N) is 2. The first-order chi connectivity index (χ1) is 14.3. The van der Waals surface area contributed by atoms with Crippen molar-refractivity contribution in [3.63, 3.8) is 0 Å². The highest BCUT2D eigenvalue weighted by Gasteiger charge is 2.29. The number of hydrogen-bond donors (Lipinski definition) is 2. The summed E-state index contributed by atoms with van der Waals surface area (Å²) in [4.78, 5) is 10.4. The van der Waals surface area contributed by atoms with Gasteiger partial charge in [-0.25, -0.2) is 4.98 Å². The fraction of sp³-hybridized carbons (Fsp3) is 0.435. The molecule has 0 bridgehead atoms. The molecule has 2 N–H and O–H groups in total. The highest BCUT2D eigenvalue weighted by Crippen LogP contribution is 2.35. The van der Waals surface area contributed by atoms with Crippen LogP contribution in [0.4, 0.5) is 24.5 Å².